The summed E-state index contributed by atoms with van der Waals surface area (Å²) in [6.07, 6.45) is 9.24. The van der Waals surface area contributed by atoms with Crippen LogP contribution in [0.4, 0.5) is 5.82 Å². The standard InChI is InChI=1S/C25H23N7/c1-31-7-9-32(10-8-31)25-21-11-17(4-5-23(21)29-16-30-25)22-15-28-24-20(22)12-19(14-27-24)18-3-2-6-26-13-18/h2-6,11-16H,7-10H2,1H3,(H,27,28). The van der Waals surface area contributed by atoms with Gasteiger partial charge in [0.2, 0.25) is 0 Å². The van der Waals surface area contributed by atoms with Crippen LogP contribution in [0.2, 0.25) is 0 Å². The predicted molar refractivity (Wildman–Crippen MR) is 128 cm³/mol. The maximum atomic E-state index is 4.66. The highest BCUT2D eigenvalue weighted by Gasteiger charge is 2.18. The number of likely N-dealkylation sites (N-methyl/N-ethyl adjacent to an activating group) is 1. The van der Waals surface area contributed by atoms with Crippen LogP contribution in [-0.4, -0.2) is 63.0 Å². The van der Waals surface area contributed by atoms with Gasteiger partial charge in [0.05, 0.1) is 5.52 Å². The Labute approximate surface area is 185 Å². The van der Waals surface area contributed by atoms with Crippen LogP contribution in [0.1, 0.15) is 0 Å². The smallest absolute Gasteiger partial charge is 0.139 e. The number of piperazine rings is 1. The van der Waals surface area contributed by atoms with Crippen molar-refractivity contribution in [1.29, 1.82) is 0 Å². The van der Waals surface area contributed by atoms with E-state index in [0.717, 1.165) is 76.2 Å². The minimum Gasteiger partial charge on any atom is -0.353 e. The molecule has 5 heterocycles. The number of nitrogens with zero attached hydrogens (tertiary/aromatic N) is 6. The molecule has 1 fully saturated rings. The summed E-state index contributed by atoms with van der Waals surface area (Å²) < 4.78 is 0. The van der Waals surface area contributed by atoms with Crippen molar-refractivity contribution >= 4 is 27.8 Å². The highest BCUT2D eigenvalue weighted by molar-refractivity contribution is 5.99. The largest absolute Gasteiger partial charge is 0.353 e. The molecule has 0 amide bonds. The van der Waals surface area contributed by atoms with Crippen molar-refractivity contribution in [2.75, 3.05) is 38.1 Å². The van der Waals surface area contributed by atoms with E-state index in [1.807, 2.05) is 24.7 Å². The van der Waals surface area contributed by atoms with Crippen molar-refractivity contribution in [2.45, 2.75) is 0 Å². The summed E-state index contributed by atoms with van der Waals surface area (Å²) in [6, 6.07) is 12.6. The average molecular weight is 422 g/mol. The fourth-order valence-electron chi connectivity index (χ4n) is 4.41. The van der Waals surface area contributed by atoms with Crippen molar-refractivity contribution in [3.63, 3.8) is 0 Å². The van der Waals surface area contributed by atoms with Crippen LogP contribution in [-0.2, 0) is 0 Å². The molecular weight excluding hydrogens is 398 g/mol. The molecule has 0 atom stereocenters. The van der Waals surface area contributed by atoms with Gasteiger partial charge in [0.1, 0.15) is 17.8 Å². The minimum absolute atomic E-state index is 0.872. The summed E-state index contributed by atoms with van der Waals surface area (Å²) in [6.45, 7) is 4.02. The van der Waals surface area contributed by atoms with Gasteiger partial charge in [0.15, 0.2) is 0 Å². The summed E-state index contributed by atoms with van der Waals surface area (Å²) in [4.78, 5) is 26.1. The van der Waals surface area contributed by atoms with Crippen molar-refractivity contribution in [2.24, 2.45) is 0 Å². The SMILES string of the molecule is CN1CCN(c2ncnc3ccc(-c4c[nH]c5ncc(-c6cccnc6)cc45)cc23)CC1. The number of anilines is 1. The number of aromatic amines is 1. The quantitative estimate of drug-likeness (QED) is 0.475. The molecule has 0 saturated carbocycles. The van der Waals surface area contributed by atoms with Crippen LogP contribution >= 0.6 is 0 Å². The topological polar surface area (TPSA) is 73.8 Å². The van der Waals surface area contributed by atoms with E-state index in [-0.39, 0.29) is 0 Å². The first-order valence-electron chi connectivity index (χ1n) is 10.8. The fraction of sp³-hybridized carbons (Fsp3) is 0.200. The number of benzene rings is 1. The Bertz CT molecular complexity index is 1400. The number of hydrogen-bond acceptors (Lipinski definition) is 6. The van der Waals surface area contributed by atoms with E-state index in [1.54, 1.807) is 12.5 Å². The van der Waals surface area contributed by atoms with Gasteiger partial charge in [-0.2, -0.15) is 0 Å². The van der Waals surface area contributed by atoms with Crippen LogP contribution in [0.25, 0.3) is 44.2 Å². The zero-order chi connectivity index (χ0) is 21.5. The second-order valence-electron chi connectivity index (χ2n) is 8.28. The lowest BCUT2D eigenvalue weighted by Crippen LogP contribution is -2.44. The number of H-pyrrole nitrogens is 1. The second-order valence-corrected chi connectivity index (χ2v) is 8.28. The van der Waals surface area contributed by atoms with E-state index < -0.39 is 0 Å². The Morgan fingerprint density at radius 1 is 0.844 bits per heavy atom. The molecule has 0 unspecified atom stereocenters. The van der Waals surface area contributed by atoms with Crippen LogP contribution in [0.5, 0.6) is 0 Å². The number of fused-ring (bicyclic) bond motifs is 2. The van der Waals surface area contributed by atoms with Crippen molar-refractivity contribution in [1.82, 2.24) is 29.8 Å². The maximum absolute atomic E-state index is 4.66. The Morgan fingerprint density at radius 3 is 2.56 bits per heavy atom. The van der Waals surface area contributed by atoms with Crippen LogP contribution < -0.4 is 4.90 Å². The van der Waals surface area contributed by atoms with E-state index in [0.29, 0.717) is 0 Å². The molecule has 0 bridgehead atoms. The van der Waals surface area contributed by atoms with Gasteiger partial charge in [-0.05, 0) is 36.9 Å². The lowest BCUT2D eigenvalue weighted by atomic mass is 10.0. The summed E-state index contributed by atoms with van der Waals surface area (Å²) in [5.41, 5.74) is 6.18. The molecule has 7 heteroatoms. The van der Waals surface area contributed by atoms with Gasteiger partial charge in [0.25, 0.3) is 0 Å². The lowest BCUT2D eigenvalue weighted by molar-refractivity contribution is 0.312. The van der Waals surface area contributed by atoms with Gasteiger partial charge >= 0.3 is 0 Å². The Balaban J connectivity index is 1.46. The van der Waals surface area contributed by atoms with E-state index >= 15 is 0 Å². The van der Waals surface area contributed by atoms with Gasteiger partial charge in [-0.1, -0.05) is 12.1 Å². The minimum atomic E-state index is 0.872. The third kappa shape index (κ3) is 3.27. The third-order valence-corrected chi connectivity index (χ3v) is 6.25. The molecule has 1 aromatic carbocycles. The maximum Gasteiger partial charge on any atom is 0.139 e. The number of rotatable bonds is 3. The molecule has 32 heavy (non-hydrogen) atoms. The number of aromatic nitrogens is 5. The molecule has 1 aliphatic heterocycles. The molecule has 5 aromatic rings. The Kier molecular flexibility index (Phi) is 4.54. The summed E-state index contributed by atoms with van der Waals surface area (Å²) in [7, 11) is 2.17. The molecule has 1 saturated heterocycles. The average Bonchev–Trinajstić information content (AvgIpc) is 3.28. The summed E-state index contributed by atoms with van der Waals surface area (Å²) in [5, 5.41) is 2.17. The summed E-state index contributed by atoms with van der Waals surface area (Å²) in [5.74, 6) is 1.01. The molecule has 0 aliphatic carbocycles. The van der Waals surface area contributed by atoms with Crippen molar-refractivity contribution < 1.29 is 0 Å². The zero-order valence-electron chi connectivity index (χ0n) is 17.9. The number of nitrogens with one attached hydrogen (secondary N) is 1. The van der Waals surface area contributed by atoms with E-state index in [4.69, 9.17) is 0 Å². The van der Waals surface area contributed by atoms with Crippen molar-refractivity contribution in [3.05, 3.63) is 67.5 Å². The van der Waals surface area contributed by atoms with E-state index in [9.17, 15) is 0 Å². The van der Waals surface area contributed by atoms with Gasteiger partial charge in [0, 0.05) is 78.4 Å². The number of pyridine rings is 2. The van der Waals surface area contributed by atoms with Crippen molar-refractivity contribution in [3.8, 4) is 22.3 Å². The molecule has 1 aliphatic rings. The predicted octanol–water partition coefficient (Wildman–Crippen LogP) is 3.99. The van der Waals surface area contributed by atoms with Crippen LogP contribution in [0, 0.1) is 0 Å². The van der Waals surface area contributed by atoms with Gasteiger partial charge in [-0.3, -0.25) is 4.98 Å². The number of hydrogen-bond donors (Lipinski definition) is 1. The van der Waals surface area contributed by atoms with Gasteiger partial charge < -0.3 is 14.8 Å². The molecular formula is C25H23N7. The third-order valence-electron chi connectivity index (χ3n) is 6.25. The first-order chi connectivity index (χ1) is 15.8. The lowest BCUT2D eigenvalue weighted by Gasteiger charge is -2.33. The Hall–Kier alpha value is -3.84. The first-order valence-corrected chi connectivity index (χ1v) is 10.8. The molecule has 0 spiro atoms. The highest BCUT2D eigenvalue weighted by Crippen LogP contribution is 2.34. The van der Waals surface area contributed by atoms with Gasteiger partial charge in [-0.15, -0.1) is 0 Å². The van der Waals surface area contributed by atoms with E-state index in [2.05, 4.69) is 72.1 Å². The fourth-order valence-corrected chi connectivity index (χ4v) is 4.41. The Morgan fingerprint density at radius 2 is 1.72 bits per heavy atom. The molecule has 6 rings (SSSR count). The van der Waals surface area contributed by atoms with Crippen LogP contribution in [0.15, 0.2) is 67.5 Å². The zero-order valence-corrected chi connectivity index (χ0v) is 17.9. The highest BCUT2D eigenvalue weighted by atomic mass is 15.3. The molecule has 7 nitrogen and oxygen atoms in total. The summed E-state index contributed by atoms with van der Waals surface area (Å²) >= 11 is 0. The molecule has 4 aromatic heterocycles. The van der Waals surface area contributed by atoms with E-state index in [1.165, 1.54) is 0 Å². The molecule has 158 valence electrons. The van der Waals surface area contributed by atoms with Crippen LogP contribution in [0.3, 0.4) is 0 Å². The van der Waals surface area contributed by atoms with Gasteiger partial charge in [-0.25, -0.2) is 15.0 Å². The molecule has 0 radical (unpaired) electrons. The second kappa shape index (κ2) is 7.69. The first kappa shape index (κ1) is 18.9. The normalized spacial score (nSPS) is 15.0. The molecule has 1 N–H and O–H groups in total. The monoisotopic (exact) mass is 421 g/mol.